The summed E-state index contributed by atoms with van der Waals surface area (Å²) < 4.78 is 181. The maximum absolute atomic E-state index is 15.1. The fourth-order valence-electron chi connectivity index (χ4n) is 5.11. The number of amides is 2. The molecule has 262 valence electrons. The molecule has 2 aromatic rings. The Kier molecular flexibility index (Phi) is 9.75. The summed E-state index contributed by atoms with van der Waals surface area (Å²) in [7, 11) is 0. The number of carbonyl (C=O) groups is 2. The normalized spacial score (nSPS) is 18.6. The molecular weight excluding hydrogens is 684 g/mol. The van der Waals surface area contributed by atoms with Gasteiger partial charge in [0.1, 0.15) is 0 Å². The summed E-state index contributed by atoms with van der Waals surface area (Å²) in [5.41, 5.74) is -13.4. The van der Waals surface area contributed by atoms with Gasteiger partial charge in [-0.1, -0.05) is 19.3 Å². The Bertz CT molecular complexity index is 1510. The minimum absolute atomic E-state index is 0.0149. The van der Waals surface area contributed by atoms with Crippen LogP contribution in [0, 0.1) is 5.92 Å². The van der Waals surface area contributed by atoms with Crippen molar-refractivity contribution in [2.45, 2.75) is 74.1 Å². The summed E-state index contributed by atoms with van der Waals surface area (Å²) in [6.07, 6.45) is -22.8. The Morgan fingerprint density at radius 1 is 0.750 bits per heavy atom. The topological polar surface area (TPSA) is 118 Å². The van der Waals surface area contributed by atoms with Crippen LogP contribution in [0.2, 0.25) is 0 Å². The molecule has 2 aliphatic rings. The summed E-state index contributed by atoms with van der Waals surface area (Å²) in [6.45, 7) is 0. The quantitative estimate of drug-likeness (QED) is 0.352. The van der Waals surface area contributed by atoms with Crippen LogP contribution in [0.4, 0.5) is 52.7 Å². The van der Waals surface area contributed by atoms with Crippen LogP contribution in [0.1, 0.15) is 48.0 Å². The number of pyridine rings is 2. The minimum Gasteiger partial charge on any atom is -0.424 e. The number of nitrogens with zero attached hydrogens (tertiary/aromatic N) is 4. The van der Waals surface area contributed by atoms with E-state index < -0.39 is 82.6 Å². The predicted octanol–water partition coefficient (Wildman–Crippen LogP) is 5.83. The van der Waals surface area contributed by atoms with Crippen molar-refractivity contribution in [3.8, 4) is 0 Å². The monoisotopic (exact) mass is 706 g/mol. The number of rotatable bonds is 7. The van der Waals surface area contributed by atoms with Gasteiger partial charge in [-0.05, 0) is 37.1 Å². The lowest BCUT2D eigenvalue weighted by Gasteiger charge is -2.44. The van der Waals surface area contributed by atoms with Crippen molar-refractivity contribution in [1.29, 1.82) is 0 Å². The number of ether oxygens (including phenoxy) is 1. The maximum atomic E-state index is 15.1. The number of nitrogens with one attached hydrogen (secondary N) is 2. The highest BCUT2D eigenvalue weighted by Gasteiger charge is 2.80. The van der Waals surface area contributed by atoms with Crippen molar-refractivity contribution in [2.75, 3.05) is 0 Å². The van der Waals surface area contributed by atoms with Crippen molar-refractivity contribution >= 4 is 23.6 Å². The molecule has 4 rings (SSSR count). The molecule has 0 unspecified atom stereocenters. The number of carbonyl (C=O) groups excluding carboxylic acids is 2. The minimum atomic E-state index is -6.86. The molecule has 3 heterocycles. The summed E-state index contributed by atoms with van der Waals surface area (Å²) in [4.78, 5) is 38.3. The van der Waals surface area contributed by atoms with E-state index in [1.807, 2.05) is 5.32 Å². The van der Waals surface area contributed by atoms with Crippen LogP contribution in [-0.4, -0.2) is 75.5 Å². The lowest BCUT2D eigenvalue weighted by atomic mass is 9.79. The lowest BCUT2D eigenvalue weighted by molar-refractivity contribution is -0.312. The Morgan fingerprint density at radius 2 is 1.25 bits per heavy atom. The fourth-order valence-corrected chi connectivity index (χ4v) is 5.11. The zero-order valence-electron chi connectivity index (χ0n) is 23.9. The van der Waals surface area contributed by atoms with Gasteiger partial charge in [0.05, 0.1) is 0 Å². The molecule has 0 bridgehead atoms. The molecule has 9 nitrogen and oxygen atoms in total. The molecule has 0 spiro atoms. The highest BCUT2D eigenvalue weighted by atomic mass is 19.4. The maximum Gasteiger partial charge on any atom is 0.443 e. The average molecular weight is 706 g/mol. The van der Waals surface area contributed by atoms with Gasteiger partial charge >= 0.3 is 30.4 Å². The molecule has 2 amide bonds. The SMILES string of the molecule is O=C(NC([C@@H](C(=O)NC1CCCCC1)C1=NC(C(F)(F)F)(C(F)(F)F)N=C(c2ccncc2)O1)(C(F)(F)F)C(F)(F)F)c1ccncc1. The molecule has 1 aliphatic heterocycles. The number of hydrogen-bond acceptors (Lipinski definition) is 7. The summed E-state index contributed by atoms with van der Waals surface area (Å²) in [5, 5.41) is 2.52. The third-order valence-corrected chi connectivity index (χ3v) is 7.50. The Labute approximate surface area is 261 Å². The zero-order valence-corrected chi connectivity index (χ0v) is 23.9. The van der Waals surface area contributed by atoms with Crippen LogP contribution in [0.5, 0.6) is 0 Å². The second-order valence-electron chi connectivity index (χ2n) is 10.6. The van der Waals surface area contributed by atoms with Gasteiger partial charge in [0.15, 0.2) is 5.92 Å². The standard InChI is InChI=1S/C27H22F12N6O3/c28-24(29,30)22(25(31,32)33,43-18(46)14-6-10-40-11-7-14)17(19(47)42-16-4-2-1-3-5-16)21-45-23(26(34,35)36,27(37,38)39)44-20(48-21)15-8-12-41-13-9-15/h6-13,16-17H,1-5H2,(H,42,47)(H,43,46)/t17-/m0/s1. The van der Waals surface area contributed by atoms with Crippen molar-refractivity contribution in [3.63, 3.8) is 0 Å². The van der Waals surface area contributed by atoms with Crippen molar-refractivity contribution in [3.05, 3.63) is 60.2 Å². The summed E-state index contributed by atoms with van der Waals surface area (Å²) in [5.74, 6) is -13.3. The number of halogens is 12. The molecule has 48 heavy (non-hydrogen) atoms. The van der Waals surface area contributed by atoms with Crippen LogP contribution in [0.3, 0.4) is 0 Å². The van der Waals surface area contributed by atoms with Crippen LogP contribution >= 0.6 is 0 Å². The van der Waals surface area contributed by atoms with Crippen LogP contribution in [0.15, 0.2) is 59.0 Å². The van der Waals surface area contributed by atoms with Crippen molar-refractivity contribution in [1.82, 2.24) is 20.6 Å². The molecule has 1 fully saturated rings. The number of aliphatic imine (C=N–C) groups is 2. The zero-order chi connectivity index (χ0) is 35.8. The van der Waals surface area contributed by atoms with Crippen LogP contribution in [-0.2, 0) is 9.53 Å². The average Bonchev–Trinajstić information content (AvgIpc) is 2.99. The molecule has 1 atom stereocenters. The Morgan fingerprint density at radius 3 is 1.73 bits per heavy atom. The van der Waals surface area contributed by atoms with E-state index in [1.165, 1.54) is 0 Å². The second-order valence-corrected chi connectivity index (χ2v) is 10.6. The van der Waals surface area contributed by atoms with Crippen molar-refractivity contribution < 1.29 is 67.0 Å². The molecule has 2 N–H and O–H groups in total. The van der Waals surface area contributed by atoms with E-state index in [4.69, 9.17) is 4.74 Å². The molecule has 2 aromatic heterocycles. The summed E-state index contributed by atoms with van der Waals surface area (Å²) >= 11 is 0. The first-order chi connectivity index (χ1) is 22.1. The first kappa shape index (κ1) is 36.4. The van der Waals surface area contributed by atoms with E-state index in [0.29, 0.717) is 48.8 Å². The van der Waals surface area contributed by atoms with Gasteiger partial charge in [-0.3, -0.25) is 19.6 Å². The van der Waals surface area contributed by atoms with Gasteiger partial charge < -0.3 is 15.4 Å². The van der Waals surface area contributed by atoms with Gasteiger partial charge in [-0.15, -0.1) is 0 Å². The van der Waals surface area contributed by atoms with E-state index in [9.17, 15) is 35.9 Å². The molecule has 1 saturated carbocycles. The van der Waals surface area contributed by atoms with Crippen LogP contribution in [0.25, 0.3) is 0 Å². The summed E-state index contributed by atoms with van der Waals surface area (Å²) in [6, 6.07) is 1.53. The Balaban J connectivity index is 2.08. The van der Waals surface area contributed by atoms with Crippen LogP contribution < -0.4 is 10.6 Å². The molecule has 1 aliphatic carbocycles. The second kappa shape index (κ2) is 12.9. The van der Waals surface area contributed by atoms with E-state index in [-0.39, 0.29) is 12.8 Å². The molecule has 0 saturated heterocycles. The molecule has 0 radical (unpaired) electrons. The first-order valence-corrected chi connectivity index (χ1v) is 13.7. The van der Waals surface area contributed by atoms with E-state index >= 15 is 26.3 Å². The van der Waals surface area contributed by atoms with E-state index in [1.54, 1.807) is 0 Å². The highest BCUT2D eigenvalue weighted by Crippen LogP contribution is 2.53. The van der Waals surface area contributed by atoms with Gasteiger partial charge in [-0.2, -0.15) is 52.7 Å². The largest absolute Gasteiger partial charge is 0.443 e. The third-order valence-electron chi connectivity index (χ3n) is 7.50. The number of alkyl halides is 12. The third kappa shape index (κ3) is 6.75. The lowest BCUT2D eigenvalue weighted by Crippen LogP contribution is -2.76. The smallest absolute Gasteiger partial charge is 0.424 e. The number of hydrogen-bond donors (Lipinski definition) is 2. The van der Waals surface area contributed by atoms with Crippen molar-refractivity contribution in [2.24, 2.45) is 15.9 Å². The van der Waals surface area contributed by atoms with Gasteiger partial charge in [0, 0.05) is 42.0 Å². The number of aromatic nitrogens is 2. The first-order valence-electron chi connectivity index (χ1n) is 13.7. The van der Waals surface area contributed by atoms with Gasteiger partial charge in [0.2, 0.25) is 17.7 Å². The molecular formula is C27H22F12N6O3. The van der Waals surface area contributed by atoms with E-state index in [2.05, 4.69) is 20.0 Å². The fraction of sp³-hybridized carbons (Fsp3) is 0.481. The predicted molar refractivity (Wildman–Crippen MR) is 139 cm³/mol. The van der Waals surface area contributed by atoms with Gasteiger partial charge in [0.25, 0.3) is 11.4 Å². The molecule has 0 aromatic carbocycles. The highest BCUT2D eigenvalue weighted by molar-refractivity contribution is 6.11. The van der Waals surface area contributed by atoms with E-state index in [0.717, 1.165) is 24.8 Å². The Hall–Kier alpha value is -4.46. The van der Waals surface area contributed by atoms with Gasteiger partial charge in [-0.25, -0.2) is 9.98 Å². The molecule has 21 heteroatoms.